The Morgan fingerprint density at radius 1 is 1.10 bits per heavy atom. The third kappa shape index (κ3) is 6.54. The molecule has 3 N–H and O–H groups in total. The van der Waals surface area contributed by atoms with E-state index in [9.17, 15) is 14.4 Å². The number of hydrogen-bond donors (Lipinski definition) is 3. The fraction of sp³-hybridized carbons (Fsp3) is 0.786. The molecule has 0 aliphatic carbocycles. The van der Waals surface area contributed by atoms with Crippen LogP contribution in [0.2, 0.25) is 0 Å². The molecule has 0 aromatic rings. The van der Waals surface area contributed by atoms with E-state index in [0.717, 1.165) is 0 Å². The quantitative estimate of drug-likeness (QED) is 0.624. The largest absolute Gasteiger partial charge is 0.480 e. The summed E-state index contributed by atoms with van der Waals surface area (Å²) in [5, 5.41) is 14.3. The maximum Gasteiger partial charge on any atom is 0.326 e. The fourth-order valence-corrected chi connectivity index (χ4v) is 1.89. The van der Waals surface area contributed by atoms with Crippen LogP contribution in [-0.4, -0.2) is 35.0 Å². The second-order valence-electron chi connectivity index (χ2n) is 5.59. The number of nitrogens with one attached hydrogen (secondary N) is 2. The summed E-state index contributed by atoms with van der Waals surface area (Å²) in [6.07, 6.45) is 1.12. The van der Waals surface area contributed by atoms with Gasteiger partial charge in [-0.3, -0.25) is 9.59 Å². The molecule has 0 fully saturated rings. The molecule has 20 heavy (non-hydrogen) atoms. The van der Waals surface area contributed by atoms with E-state index in [-0.39, 0.29) is 17.7 Å². The maximum atomic E-state index is 12.2. The minimum absolute atomic E-state index is 0.173. The standard InChI is InChI=1S/C14H26N2O4/c1-6-9(4)12(14(19)20)16-13(18)11(7-8(2)3)15-10(5)17/h8-9,11-12H,6-7H2,1-5H3,(H,15,17)(H,16,18)(H,19,20)/t9-,11+,12+/m1/s1. The van der Waals surface area contributed by atoms with E-state index in [2.05, 4.69) is 10.6 Å². The SMILES string of the molecule is CC[C@@H](C)[C@H](NC(=O)[C@H](CC(C)C)NC(C)=O)C(=O)O. The van der Waals surface area contributed by atoms with Crippen molar-refractivity contribution in [2.24, 2.45) is 11.8 Å². The van der Waals surface area contributed by atoms with Gasteiger partial charge in [-0.1, -0.05) is 34.1 Å². The highest BCUT2D eigenvalue weighted by molar-refractivity contribution is 5.90. The normalized spacial score (nSPS) is 15.3. The molecule has 0 saturated carbocycles. The van der Waals surface area contributed by atoms with Crippen LogP contribution in [0, 0.1) is 11.8 Å². The minimum atomic E-state index is -1.06. The van der Waals surface area contributed by atoms with Gasteiger partial charge in [-0.2, -0.15) is 0 Å². The topological polar surface area (TPSA) is 95.5 Å². The zero-order valence-corrected chi connectivity index (χ0v) is 12.9. The molecule has 0 radical (unpaired) electrons. The lowest BCUT2D eigenvalue weighted by atomic mass is 9.97. The van der Waals surface area contributed by atoms with Crippen molar-refractivity contribution in [2.45, 2.75) is 59.5 Å². The van der Waals surface area contributed by atoms with Crippen LogP contribution in [0.25, 0.3) is 0 Å². The van der Waals surface area contributed by atoms with Crippen LogP contribution in [0.1, 0.15) is 47.5 Å². The monoisotopic (exact) mass is 286 g/mol. The molecule has 0 unspecified atom stereocenters. The van der Waals surface area contributed by atoms with Crippen LogP contribution in [0.5, 0.6) is 0 Å². The summed E-state index contributed by atoms with van der Waals surface area (Å²) in [7, 11) is 0. The zero-order chi connectivity index (χ0) is 15.9. The summed E-state index contributed by atoms with van der Waals surface area (Å²) in [6, 6.07) is -1.63. The van der Waals surface area contributed by atoms with E-state index in [1.54, 1.807) is 6.92 Å². The molecule has 6 nitrogen and oxygen atoms in total. The highest BCUT2D eigenvalue weighted by Gasteiger charge is 2.29. The van der Waals surface area contributed by atoms with Crippen molar-refractivity contribution in [1.29, 1.82) is 0 Å². The van der Waals surface area contributed by atoms with Gasteiger partial charge < -0.3 is 15.7 Å². The summed E-state index contributed by atoms with van der Waals surface area (Å²) >= 11 is 0. The van der Waals surface area contributed by atoms with Gasteiger partial charge in [0, 0.05) is 6.92 Å². The van der Waals surface area contributed by atoms with Crippen molar-refractivity contribution in [2.75, 3.05) is 0 Å². The molecule has 0 aromatic carbocycles. The highest BCUT2D eigenvalue weighted by atomic mass is 16.4. The first-order chi connectivity index (χ1) is 9.18. The average Bonchev–Trinajstić information content (AvgIpc) is 2.32. The Bertz CT molecular complexity index is 355. The number of carboxylic acid groups (broad SMARTS) is 1. The van der Waals surface area contributed by atoms with E-state index in [1.165, 1.54) is 6.92 Å². The molecular weight excluding hydrogens is 260 g/mol. The van der Waals surface area contributed by atoms with Crippen LogP contribution in [0.15, 0.2) is 0 Å². The van der Waals surface area contributed by atoms with Crippen molar-refractivity contribution >= 4 is 17.8 Å². The minimum Gasteiger partial charge on any atom is -0.480 e. The second kappa shape index (κ2) is 8.55. The van der Waals surface area contributed by atoms with E-state index < -0.39 is 24.0 Å². The first kappa shape index (κ1) is 18.4. The van der Waals surface area contributed by atoms with Crippen molar-refractivity contribution in [3.8, 4) is 0 Å². The van der Waals surface area contributed by atoms with Crippen LogP contribution < -0.4 is 10.6 Å². The average molecular weight is 286 g/mol. The summed E-state index contributed by atoms with van der Waals surface area (Å²) in [6.45, 7) is 8.85. The first-order valence-corrected chi connectivity index (χ1v) is 6.99. The predicted molar refractivity (Wildman–Crippen MR) is 76.1 cm³/mol. The Balaban J connectivity index is 4.86. The number of carboxylic acids is 1. The van der Waals surface area contributed by atoms with Gasteiger partial charge in [0.15, 0.2) is 0 Å². The van der Waals surface area contributed by atoms with E-state index in [1.807, 2.05) is 20.8 Å². The molecule has 0 aliphatic rings. The Hall–Kier alpha value is -1.59. The second-order valence-corrected chi connectivity index (χ2v) is 5.59. The molecule has 0 aliphatic heterocycles. The smallest absolute Gasteiger partial charge is 0.326 e. The fourth-order valence-electron chi connectivity index (χ4n) is 1.89. The third-order valence-electron chi connectivity index (χ3n) is 3.18. The zero-order valence-electron chi connectivity index (χ0n) is 12.9. The van der Waals surface area contributed by atoms with Gasteiger partial charge in [0.2, 0.25) is 11.8 Å². The van der Waals surface area contributed by atoms with Crippen molar-refractivity contribution in [1.82, 2.24) is 10.6 Å². The highest BCUT2D eigenvalue weighted by Crippen LogP contribution is 2.10. The molecule has 0 rings (SSSR count). The molecular formula is C14H26N2O4. The Kier molecular flexibility index (Phi) is 7.87. The molecule has 116 valence electrons. The summed E-state index contributed by atoms with van der Waals surface area (Å²) in [5.41, 5.74) is 0. The maximum absolute atomic E-state index is 12.2. The van der Waals surface area contributed by atoms with Crippen LogP contribution in [0.3, 0.4) is 0 Å². The predicted octanol–water partition coefficient (Wildman–Crippen LogP) is 1.15. The molecule has 3 atom stereocenters. The number of carbonyl (C=O) groups excluding carboxylic acids is 2. The van der Waals surface area contributed by atoms with Gasteiger partial charge in [0.1, 0.15) is 12.1 Å². The molecule has 0 spiro atoms. The molecule has 0 heterocycles. The number of hydrogen-bond acceptors (Lipinski definition) is 3. The Morgan fingerprint density at radius 2 is 1.65 bits per heavy atom. The van der Waals surface area contributed by atoms with E-state index in [4.69, 9.17) is 5.11 Å². The summed E-state index contributed by atoms with van der Waals surface area (Å²) in [5.74, 6) is -1.76. The third-order valence-corrected chi connectivity index (χ3v) is 3.18. The first-order valence-electron chi connectivity index (χ1n) is 6.99. The van der Waals surface area contributed by atoms with E-state index >= 15 is 0 Å². The lowest BCUT2D eigenvalue weighted by Gasteiger charge is -2.24. The van der Waals surface area contributed by atoms with Crippen LogP contribution >= 0.6 is 0 Å². The summed E-state index contributed by atoms with van der Waals surface area (Å²) < 4.78 is 0. The van der Waals surface area contributed by atoms with Gasteiger partial charge in [0.25, 0.3) is 0 Å². The van der Waals surface area contributed by atoms with E-state index in [0.29, 0.717) is 12.8 Å². The van der Waals surface area contributed by atoms with Gasteiger partial charge >= 0.3 is 5.97 Å². The lowest BCUT2D eigenvalue weighted by Crippen LogP contribution is -2.53. The number of amides is 2. The van der Waals surface area contributed by atoms with Gasteiger partial charge in [-0.05, 0) is 18.3 Å². The molecule has 0 bridgehead atoms. The van der Waals surface area contributed by atoms with Crippen molar-refractivity contribution in [3.63, 3.8) is 0 Å². The summed E-state index contributed by atoms with van der Waals surface area (Å²) in [4.78, 5) is 34.5. The van der Waals surface area contributed by atoms with Crippen molar-refractivity contribution < 1.29 is 19.5 Å². The van der Waals surface area contributed by atoms with Gasteiger partial charge in [-0.15, -0.1) is 0 Å². The molecule has 0 saturated heterocycles. The lowest BCUT2D eigenvalue weighted by molar-refractivity contribution is -0.143. The Labute approximate surface area is 120 Å². The molecule has 2 amide bonds. The number of aliphatic carboxylic acids is 1. The number of rotatable bonds is 8. The molecule has 0 aromatic heterocycles. The van der Waals surface area contributed by atoms with Crippen LogP contribution in [0.4, 0.5) is 0 Å². The van der Waals surface area contributed by atoms with Gasteiger partial charge in [0.05, 0.1) is 0 Å². The van der Waals surface area contributed by atoms with Crippen molar-refractivity contribution in [3.05, 3.63) is 0 Å². The Morgan fingerprint density at radius 3 is 2.00 bits per heavy atom. The van der Waals surface area contributed by atoms with Crippen LogP contribution in [-0.2, 0) is 14.4 Å². The molecule has 6 heteroatoms. The van der Waals surface area contributed by atoms with Gasteiger partial charge in [-0.25, -0.2) is 4.79 Å². The number of carbonyl (C=O) groups is 3.